The van der Waals surface area contributed by atoms with Crippen molar-refractivity contribution in [3.05, 3.63) is 47.2 Å². The fourth-order valence-corrected chi connectivity index (χ4v) is 1.74. The van der Waals surface area contributed by atoms with Gasteiger partial charge in [-0.05, 0) is 17.7 Å². The van der Waals surface area contributed by atoms with Crippen LogP contribution in [0.5, 0.6) is 0 Å². The average Bonchev–Trinajstić information content (AvgIpc) is 2.34. The summed E-state index contributed by atoms with van der Waals surface area (Å²) in [7, 11) is 0. The molecule has 1 amide bonds. The Labute approximate surface area is 105 Å². The quantitative estimate of drug-likeness (QED) is 0.679. The highest BCUT2D eigenvalue weighted by Gasteiger charge is 2.17. The fraction of sp³-hybridized carbons (Fsp3) is 0.167. The highest BCUT2D eigenvalue weighted by molar-refractivity contribution is 7.80. The Morgan fingerprint density at radius 3 is 2.65 bits per heavy atom. The first-order valence-electron chi connectivity index (χ1n) is 5.12. The highest BCUT2D eigenvalue weighted by Crippen LogP contribution is 2.11. The summed E-state index contributed by atoms with van der Waals surface area (Å²) in [6, 6.07) is 9.23. The summed E-state index contributed by atoms with van der Waals surface area (Å²) in [4.78, 5) is 11.6. The van der Waals surface area contributed by atoms with Crippen LogP contribution in [0.25, 0.3) is 0 Å². The first-order chi connectivity index (χ1) is 8.19. The van der Waals surface area contributed by atoms with Gasteiger partial charge in [0.25, 0.3) is 5.91 Å². The van der Waals surface area contributed by atoms with Crippen molar-refractivity contribution < 1.29 is 4.79 Å². The lowest BCUT2D eigenvalue weighted by atomic mass is 10.0. The molecule has 0 bridgehead atoms. The van der Waals surface area contributed by atoms with Crippen molar-refractivity contribution in [2.75, 3.05) is 0 Å². The molecule has 0 fully saturated rings. The van der Waals surface area contributed by atoms with Crippen LogP contribution in [0, 0.1) is 11.3 Å². The van der Waals surface area contributed by atoms with Gasteiger partial charge in [-0.25, -0.2) is 0 Å². The molecule has 86 valence electrons. The predicted octanol–water partition coefficient (Wildman–Crippen LogP) is 0.917. The van der Waals surface area contributed by atoms with Gasteiger partial charge in [0.1, 0.15) is 5.50 Å². The van der Waals surface area contributed by atoms with E-state index in [2.05, 4.69) is 29.3 Å². The van der Waals surface area contributed by atoms with E-state index in [1.165, 1.54) is 0 Å². The van der Waals surface area contributed by atoms with Gasteiger partial charge in [-0.15, -0.1) is 12.6 Å². The molecule has 0 saturated carbocycles. The summed E-state index contributed by atoms with van der Waals surface area (Å²) in [5.74, 6) is -0.117. The van der Waals surface area contributed by atoms with E-state index in [0.717, 1.165) is 5.56 Å². The van der Waals surface area contributed by atoms with Crippen molar-refractivity contribution in [3.8, 4) is 6.07 Å². The Morgan fingerprint density at radius 2 is 2.06 bits per heavy atom. The lowest BCUT2D eigenvalue weighted by molar-refractivity contribution is -0.118. The maximum absolute atomic E-state index is 11.6. The molecule has 17 heavy (non-hydrogen) atoms. The van der Waals surface area contributed by atoms with Crippen molar-refractivity contribution in [2.24, 2.45) is 0 Å². The smallest absolute Gasteiger partial charge is 0.251 e. The zero-order chi connectivity index (χ0) is 12.3. The third kappa shape index (κ3) is 2.80. The number of nitriles is 1. The molecule has 1 aromatic carbocycles. The van der Waals surface area contributed by atoms with Gasteiger partial charge < -0.3 is 10.6 Å². The lowest BCUT2D eigenvalue weighted by Crippen LogP contribution is -2.44. The summed E-state index contributed by atoms with van der Waals surface area (Å²) in [6.45, 7) is 0. The monoisotopic (exact) mass is 245 g/mol. The van der Waals surface area contributed by atoms with E-state index in [0.29, 0.717) is 17.6 Å². The minimum Gasteiger partial charge on any atom is -0.363 e. The van der Waals surface area contributed by atoms with Crippen molar-refractivity contribution in [2.45, 2.75) is 11.9 Å². The summed E-state index contributed by atoms with van der Waals surface area (Å²) in [6.07, 6.45) is 2.21. The molecular formula is C12H11N3OS. The van der Waals surface area contributed by atoms with Crippen LogP contribution in [-0.2, 0) is 11.2 Å². The summed E-state index contributed by atoms with van der Waals surface area (Å²) in [5, 5.41) is 14.3. The molecule has 2 rings (SSSR count). The molecule has 0 aromatic heterocycles. The number of thiol groups is 1. The Hall–Kier alpha value is -1.93. The van der Waals surface area contributed by atoms with Crippen LogP contribution in [0.2, 0.25) is 0 Å². The molecule has 0 saturated heterocycles. The number of hydrogen-bond donors (Lipinski definition) is 3. The Kier molecular flexibility index (Phi) is 3.35. The van der Waals surface area contributed by atoms with Crippen LogP contribution in [0.3, 0.4) is 0 Å². The normalized spacial score (nSPS) is 18.7. The molecule has 1 aliphatic rings. The molecule has 0 radical (unpaired) electrons. The Morgan fingerprint density at radius 1 is 1.35 bits per heavy atom. The minimum atomic E-state index is -0.327. The summed E-state index contributed by atoms with van der Waals surface area (Å²) >= 11 is 4.09. The van der Waals surface area contributed by atoms with E-state index < -0.39 is 0 Å². The van der Waals surface area contributed by atoms with Gasteiger partial charge in [-0.3, -0.25) is 4.79 Å². The SMILES string of the molecule is N#Cc1ccc(CC2=CNC(S)NC2=O)cc1. The van der Waals surface area contributed by atoms with E-state index in [9.17, 15) is 4.79 Å². The van der Waals surface area contributed by atoms with Gasteiger partial charge in [0.15, 0.2) is 0 Å². The number of rotatable bonds is 2. The number of nitrogens with one attached hydrogen (secondary N) is 2. The Balaban J connectivity index is 2.10. The van der Waals surface area contributed by atoms with Crippen molar-refractivity contribution in [1.29, 1.82) is 5.26 Å². The third-order valence-corrected chi connectivity index (χ3v) is 2.73. The van der Waals surface area contributed by atoms with Crippen LogP contribution in [-0.4, -0.2) is 11.4 Å². The molecule has 1 aliphatic heterocycles. The van der Waals surface area contributed by atoms with Crippen LogP contribution in [0.4, 0.5) is 0 Å². The van der Waals surface area contributed by atoms with Gasteiger partial charge in [-0.2, -0.15) is 5.26 Å². The molecule has 2 N–H and O–H groups in total. The average molecular weight is 245 g/mol. The topological polar surface area (TPSA) is 64.9 Å². The highest BCUT2D eigenvalue weighted by atomic mass is 32.1. The van der Waals surface area contributed by atoms with E-state index in [1.54, 1.807) is 18.3 Å². The number of benzene rings is 1. The minimum absolute atomic E-state index is 0.117. The maximum Gasteiger partial charge on any atom is 0.251 e. The number of carbonyl (C=O) groups is 1. The van der Waals surface area contributed by atoms with Crippen molar-refractivity contribution >= 4 is 18.5 Å². The second-order valence-electron chi connectivity index (χ2n) is 3.70. The van der Waals surface area contributed by atoms with Crippen LogP contribution in [0.1, 0.15) is 11.1 Å². The standard InChI is InChI=1S/C12H11N3OS/c13-6-9-3-1-8(2-4-9)5-10-7-14-12(17)15-11(10)16/h1-4,7,12,14,17H,5H2,(H,15,16). The van der Waals surface area contributed by atoms with Gasteiger partial charge in [0.05, 0.1) is 11.6 Å². The van der Waals surface area contributed by atoms with Crippen LogP contribution in [0.15, 0.2) is 36.0 Å². The predicted molar refractivity (Wildman–Crippen MR) is 67.0 cm³/mol. The molecule has 4 nitrogen and oxygen atoms in total. The summed E-state index contributed by atoms with van der Waals surface area (Å²) in [5.41, 5.74) is 1.93. The van der Waals surface area contributed by atoms with E-state index >= 15 is 0 Å². The molecule has 5 heteroatoms. The number of hydrogen-bond acceptors (Lipinski definition) is 4. The molecular weight excluding hydrogens is 234 g/mol. The van der Waals surface area contributed by atoms with Gasteiger partial charge in [0, 0.05) is 18.2 Å². The zero-order valence-corrected chi connectivity index (χ0v) is 9.87. The molecule has 1 aromatic rings. The molecule has 0 spiro atoms. The first-order valence-corrected chi connectivity index (χ1v) is 5.64. The van der Waals surface area contributed by atoms with Gasteiger partial charge >= 0.3 is 0 Å². The van der Waals surface area contributed by atoms with E-state index in [4.69, 9.17) is 5.26 Å². The molecule has 0 aliphatic carbocycles. The largest absolute Gasteiger partial charge is 0.363 e. The van der Waals surface area contributed by atoms with Gasteiger partial charge in [-0.1, -0.05) is 12.1 Å². The maximum atomic E-state index is 11.6. The van der Waals surface area contributed by atoms with Crippen molar-refractivity contribution in [3.63, 3.8) is 0 Å². The second kappa shape index (κ2) is 4.93. The van der Waals surface area contributed by atoms with Crippen LogP contribution < -0.4 is 10.6 Å². The number of amides is 1. The number of carbonyl (C=O) groups excluding carboxylic acids is 1. The van der Waals surface area contributed by atoms with E-state index in [-0.39, 0.29) is 11.4 Å². The second-order valence-corrected chi connectivity index (χ2v) is 4.21. The van der Waals surface area contributed by atoms with Crippen molar-refractivity contribution in [1.82, 2.24) is 10.6 Å². The molecule has 1 heterocycles. The molecule has 1 unspecified atom stereocenters. The van der Waals surface area contributed by atoms with E-state index in [1.807, 2.05) is 12.1 Å². The zero-order valence-electron chi connectivity index (χ0n) is 8.97. The first kappa shape index (κ1) is 11.6. The molecule has 1 atom stereocenters. The third-order valence-electron chi connectivity index (χ3n) is 2.45. The van der Waals surface area contributed by atoms with Gasteiger partial charge in [0.2, 0.25) is 0 Å². The number of nitrogens with zero attached hydrogens (tertiary/aromatic N) is 1. The lowest BCUT2D eigenvalue weighted by Gasteiger charge is -2.20. The Bertz CT molecular complexity index is 501. The summed E-state index contributed by atoms with van der Waals surface area (Å²) < 4.78 is 0. The fourth-order valence-electron chi connectivity index (χ4n) is 1.55. The van der Waals surface area contributed by atoms with Crippen LogP contribution >= 0.6 is 12.6 Å².